The van der Waals surface area contributed by atoms with Crippen molar-refractivity contribution in [3.8, 4) is 5.75 Å². The molecule has 1 aromatic rings. The summed E-state index contributed by atoms with van der Waals surface area (Å²) in [6.07, 6.45) is 18.0. The Morgan fingerprint density at radius 3 is 1.93 bits per heavy atom. The van der Waals surface area contributed by atoms with Gasteiger partial charge >= 0.3 is 0 Å². The zero-order chi connectivity index (χ0) is 20.4. The van der Waals surface area contributed by atoms with Gasteiger partial charge < -0.3 is 5.11 Å². The number of benzene rings is 1. The molecule has 1 nitrogen and oxygen atoms in total. The zero-order valence-corrected chi connectivity index (χ0v) is 17.4. The van der Waals surface area contributed by atoms with Crippen LogP contribution in [0.3, 0.4) is 0 Å². The molecule has 3 heteroatoms. The van der Waals surface area contributed by atoms with Crippen molar-refractivity contribution in [3.05, 3.63) is 48.1 Å². The summed E-state index contributed by atoms with van der Waals surface area (Å²) in [7, 11) is 0. The van der Waals surface area contributed by atoms with Gasteiger partial charge in [-0.1, -0.05) is 12.2 Å². The van der Waals surface area contributed by atoms with Gasteiger partial charge in [0.05, 0.1) is 0 Å². The first-order chi connectivity index (χ1) is 14.1. The minimum atomic E-state index is -1.13. The molecule has 2 saturated carbocycles. The summed E-state index contributed by atoms with van der Waals surface area (Å²) >= 11 is 0. The van der Waals surface area contributed by atoms with E-state index < -0.39 is 17.4 Å². The van der Waals surface area contributed by atoms with Crippen molar-refractivity contribution in [2.75, 3.05) is 0 Å². The Hall–Kier alpha value is -1.64. The normalized spacial score (nSPS) is 33.2. The first kappa shape index (κ1) is 20.6. The summed E-state index contributed by atoms with van der Waals surface area (Å²) in [6, 6.07) is 2.76. The second kappa shape index (κ2) is 9.02. The predicted molar refractivity (Wildman–Crippen MR) is 114 cm³/mol. The van der Waals surface area contributed by atoms with Crippen molar-refractivity contribution in [2.24, 2.45) is 29.6 Å². The van der Waals surface area contributed by atoms with Crippen LogP contribution in [0.2, 0.25) is 0 Å². The molecule has 0 aliphatic heterocycles. The van der Waals surface area contributed by atoms with Crippen molar-refractivity contribution in [1.29, 1.82) is 0 Å². The summed E-state index contributed by atoms with van der Waals surface area (Å²) in [4.78, 5) is 0. The van der Waals surface area contributed by atoms with Crippen molar-refractivity contribution >= 4 is 5.57 Å². The van der Waals surface area contributed by atoms with Crippen LogP contribution >= 0.6 is 0 Å². The fraction of sp³-hybridized carbons (Fsp3) is 0.615. The van der Waals surface area contributed by atoms with Gasteiger partial charge in [0.1, 0.15) is 0 Å². The molecule has 4 rings (SSSR count). The highest BCUT2D eigenvalue weighted by Gasteiger charge is 2.33. The molecule has 3 aliphatic rings. The van der Waals surface area contributed by atoms with Gasteiger partial charge in [-0.25, -0.2) is 4.39 Å². The molecule has 0 aromatic heterocycles. The minimum absolute atomic E-state index is 0.317. The molecule has 3 aliphatic carbocycles. The number of phenols is 1. The molecular weight excluding hydrogens is 366 g/mol. The van der Waals surface area contributed by atoms with E-state index in [-0.39, 0.29) is 0 Å². The van der Waals surface area contributed by atoms with Gasteiger partial charge in [0.25, 0.3) is 0 Å². The van der Waals surface area contributed by atoms with E-state index in [9.17, 15) is 13.9 Å². The minimum Gasteiger partial charge on any atom is -0.505 e. The third-order valence-electron chi connectivity index (χ3n) is 8.16. The summed E-state index contributed by atoms with van der Waals surface area (Å²) in [5.74, 6) is 1.40. The summed E-state index contributed by atoms with van der Waals surface area (Å²) in [6.45, 7) is 3.97. The maximum absolute atomic E-state index is 14.2. The molecule has 158 valence electrons. The largest absolute Gasteiger partial charge is 0.505 e. The van der Waals surface area contributed by atoms with Crippen LogP contribution in [0.1, 0.15) is 76.2 Å². The van der Waals surface area contributed by atoms with E-state index in [1.807, 2.05) is 0 Å². The van der Waals surface area contributed by atoms with Crippen LogP contribution in [-0.4, -0.2) is 5.11 Å². The molecule has 0 amide bonds. The molecule has 29 heavy (non-hydrogen) atoms. The fourth-order valence-corrected chi connectivity index (χ4v) is 6.25. The second-order valence-corrected chi connectivity index (χ2v) is 9.61. The third-order valence-corrected chi connectivity index (χ3v) is 8.16. The number of halogens is 2. The molecule has 0 spiro atoms. The van der Waals surface area contributed by atoms with Gasteiger partial charge in [-0.3, -0.25) is 0 Å². The SMILES string of the molecule is C=CC1CCC(C2CCC(C3CC=C(c4ccc(O)c(F)c4F)CC3)CC2)CC1. The van der Waals surface area contributed by atoms with Crippen molar-refractivity contribution < 1.29 is 13.9 Å². The Kier molecular flexibility index (Phi) is 6.41. The van der Waals surface area contributed by atoms with Gasteiger partial charge in [0.15, 0.2) is 11.6 Å². The first-order valence-corrected chi connectivity index (χ1v) is 11.6. The lowest BCUT2D eigenvalue weighted by Gasteiger charge is -2.40. The lowest BCUT2D eigenvalue weighted by Crippen LogP contribution is -2.28. The highest BCUT2D eigenvalue weighted by Crippen LogP contribution is 2.46. The average Bonchev–Trinajstić information content (AvgIpc) is 2.78. The molecule has 1 atom stereocenters. The number of aromatic hydroxyl groups is 1. The number of hydrogen-bond donors (Lipinski definition) is 1. The van der Waals surface area contributed by atoms with E-state index in [4.69, 9.17) is 0 Å². The van der Waals surface area contributed by atoms with Crippen LogP contribution in [0.25, 0.3) is 5.57 Å². The average molecular weight is 401 g/mol. The van der Waals surface area contributed by atoms with Crippen LogP contribution in [0.4, 0.5) is 8.78 Å². The summed E-state index contributed by atoms with van der Waals surface area (Å²) < 4.78 is 27.9. The molecule has 1 N–H and O–H groups in total. The lowest BCUT2D eigenvalue weighted by molar-refractivity contribution is 0.128. The van der Waals surface area contributed by atoms with E-state index in [1.165, 1.54) is 63.5 Å². The van der Waals surface area contributed by atoms with Gasteiger partial charge in [-0.05, 0) is 118 Å². The van der Waals surface area contributed by atoms with Gasteiger partial charge in [0, 0.05) is 5.56 Å². The lowest BCUT2D eigenvalue weighted by atomic mass is 9.66. The molecule has 1 aromatic carbocycles. The van der Waals surface area contributed by atoms with Crippen LogP contribution < -0.4 is 0 Å². The molecule has 0 bridgehead atoms. The molecule has 2 fully saturated rings. The maximum Gasteiger partial charge on any atom is 0.200 e. The Morgan fingerprint density at radius 2 is 1.38 bits per heavy atom. The van der Waals surface area contributed by atoms with Gasteiger partial charge in [-0.2, -0.15) is 4.39 Å². The number of allylic oxidation sites excluding steroid dienone is 3. The Morgan fingerprint density at radius 1 is 0.793 bits per heavy atom. The van der Waals surface area contributed by atoms with Crippen molar-refractivity contribution in [3.63, 3.8) is 0 Å². The maximum atomic E-state index is 14.2. The Balaban J connectivity index is 1.30. The smallest absolute Gasteiger partial charge is 0.200 e. The molecule has 0 saturated heterocycles. The van der Waals surface area contributed by atoms with E-state index in [2.05, 4.69) is 18.7 Å². The summed E-state index contributed by atoms with van der Waals surface area (Å²) in [5.41, 5.74) is 1.21. The van der Waals surface area contributed by atoms with Crippen LogP contribution in [0.15, 0.2) is 30.9 Å². The highest BCUT2D eigenvalue weighted by molar-refractivity contribution is 5.67. The number of phenolic OH excluding ortho intramolecular Hbond substituents is 1. The number of rotatable bonds is 4. The Bertz CT molecular complexity index is 752. The predicted octanol–water partition coefficient (Wildman–Crippen LogP) is 7.65. The molecule has 1 unspecified atom stereocenters. The van der Waals surface area contributed by atoms with Crippen LogP contribution in [0.5, 0.6) is 5.75 Å². The topological polar surface area (TPSA) is 20.2 Å². The van der Waals surface area contributed by atoms with Gasteiger partial charge in [-0.15, -0.1) is 6.58 Å². The van der Waals surface area contributed by atoms with Crippen LogP contribution in [-0.2, 0) is 0 Å². The molecular formula is C26H34F2O. The zero-order valence-electron chi connectivity index (χ0n) is 17.4. The summed E-state index contributed by atoms with van der Waals surface area (Å²) in [5, 5.41) is 9.34. The van der Waals surface area contributed by atoms with Crippen molar-refractivity contribution in [2.45, 2.75) is 70.6 Å². The first-order valence-electron chi connectivity index (χ1n) is 11.6. The molecule has 0 heterocycles. The highest BCUT2D eigenvalue weighted by atomic mass is 19.2. The van der Waals surface area contributed by atoms with E-state index >= 15 is 0 Å². The van der Waals surface area contributed by atoms with E-state index in [0.29, 0.717) is 11.5 Å². The fourth-order valence-electron chi connectivity index (χ4n) is 6.25. The number of hydrogen-bond acceptors (Lipinski definition) is 1. The molecule has 0 radical (unpaired) electrons. The Labute approximate surface area is 173 Å². The standard InChI is InChI=1S/C26H34F2O/c1-2-17-3-5-18(6-4-17)19-7-9-20(10-8-19)21-11-13-22(14-12-21)23-15-16-24(29)26(28)25(23)27/h2,13,15-21,29H,1,3-12,14H2. The van der Waals surface area contributed by atoms with E-state index in [0.717, 1.165) is 48.5 Å². The van der Waals surface area contributed by atoms with E-state index in [1.54, 1.807) is 0 Å². The van der Waals surface area contributed by atoms with Crippen molar-refractivity contribution in [1.82, 2.24) is 0 Å². The quantitative estimate of drug-likeness (QED) is 0.515. The third kappa shape index (κ3) is 4.44. The second-order valence-electron chi connectivity index (χ2n) is 9.61. The van der Waals surface area contributed by atoms with Crippen LogP contribution in [0, 0.1) is 41.2 Å². The van der Waals surface area contributed by atoms with Gasteiger partial charge in [0.2, 0.25) is 5.82 Å². The monoisotopic (exact) mass is 400 g/mol.